The molecule has 2 nitrogen and oxygen atoms in total. The molecule has 0 saturated heterocycles. The lowest BCUT2D eigenvalue weighted by atomic mass is 10.4. The zero-order valence-electron chi connectivity index (χ0n) is 7.67. The number of halogens is 2. The van der Waals surface area contributed by atoms with Crippen LogP contribution in [0.25, 0.3) is 10.7 Å². The molecule has 2 rings (SSSR count). The molecule has 0 saturated carbocycles. The lowest BCUT2D eigenvalue weighted by Gasteiger charge is -2.02. The van der Waals surface area contributed by atoms with Gasteiger partial charge < -0.3 is 4.98 Å². The van der Waals surface area contributed by atoms with Crippen molar-refractivity contribution in [2.75, 3.05) is 0 Å². The molecule has 0 radical (unpaired) electrons. The number of aromatic nitrogens is 2. The van der Waals surface area contributed by atoms with Crippen molar-refractivity contribution < 1.29 is 0 Å². The average Bonchev–Trinajstić information content (AvgIpc) is 2.60. The van der Waals surface area contributed by atoms with Crippen LogP contribution >= 0.6 is 55.4 Å². The largest absolute Gasteiger partial charge is 0.342 e. The zero-order chi connectivity index (χ0) is 11.0. The van der Waals surface area contributed by atoms with Crippen LogP contribution < -0.4 is 0 Å². The molecule has 78 valence electrons. The van der Waals surface area contributed by atoms with E-state index in [2.05, 4.69) is 41.8 Å². The van der Waals surface area contributed by atoms with Crippen molar-refractivity contribution >= 4 is 55.4 Å². The van der Waals surface area contributed by atoms with E-state index in [4.69, 9.17) is 12.2 Å². The van der Waals surface area contributed by atoms with Crippen LogP contribution in [-0.2, 0) is 0 Å². The van der Waals surface area contributed by atoms with E-state index in [1.807, 2.05) is 19.1 Å². The Bertz CT molecular complexity index is 559. The number of nitrogens with one attached hydrogen (secondary N) is 1. The average molecular weight is 366 g/mol. The second-order valence-electron chi connectivity index (χ2n) is 2.93. The molecule has 0 atom stereocenters. The summed E-state index contributed by atoms with van der Waals surface area (Å²) in [7, 11) is 0. The molecule has 2 aromatic rings. The van der Waals surface area contributed by atoms with Gasteiger partial charge in [0.05, 0.1) is 13.1 Å². The van der Waals surface area contributed by atoms with Gasteiger partial charge in [0.25, 0.3) is 0 Å². The van der Waals surface area contributed by atoms with Crippen molar-refractivity contribution in [2.45, 2.75) is 6.92 Å². The molecule has 6 heteroatoms. The Hall–Kier alpha value is -0.0400. The Morgan fingerprint density at radius 3 is 2.67 bits per heavy atom. The fourth-order valence-corrected chi connectivity index (χ4v) is 2.89. The molecule has 2 aromatic heterocycles. The maximum atomic E-state index is 5.15. The van der Waals surface area contributed by atoms with Crippen molar-refractivity contribution in [1.29, 1.82) is 0 Å². The number of aryl methyl sites for hydroxylation is 1. The lowest BCUT2D eigenvalue weighted by molar-refractivity contribution is 1.09. The van der Waals surface area contributed by atoms with Crippen molar-refractivity contribution in [2.24, 2.45) is 0 Å². The van der Waals surface area contributed by atoms with Crippen molar-refractivity contribution in [1.82, 2.24) is 9.97 Å². The maximum absolute atomic E-state index is 5.15. The molecule has 0 bridgehead atoms. The van der Waals surface area contributed by atoms with Gasteiger partial charge in [-0.2, -0.15) is 0 Å². The van der Waals surface area contributed by atoms with Gasteiger partial charge in [-0.05, 0) is 50.9 Å². The summed E-state index contributed by atoms with van der Waals surface area (Å²) in [5.74, 6) is 0.816. The maximum Gasteiger partial charge on any atom is 0.149 e. The molecule has 15 heavy (non-hydrogen) atoms. The second-order valence-corrected chi connectivity index (χ2v) is 6.58. The minimum atomic E-state index is 0.589. The third-order valence-electron chi connectivity index (χ3n) is 1.84. The van der Waals surface area contributed by atoms with Crippen molar-refractivity contribution in [3.63, 3.8) is 0 Å². The van der Waals surface area contributed by atoms with E-state index >= 15 is 0 Å². The van der Waals surface area contributed by atoms with Gasteiger partial charge in [0.1, 0.15) is 10.5 Å². The van der Waals surface area contributed by atoms with Gasteiger partial charge >= 0.3 is 0 Å². The van der Waals surface area contributed by atoms with E-state index in [1.54, 1.807) is 11.3 Å². The molecule has 0 fully saturated rings. The topological polar surface area (TPSA) is 28.7 Å². The van der Waals surface area contributed by atoms with Crippen LogP contribution in [0.1, 0.15) is 5.69 Å². The number of hydrogen-bond donors (Lipinski definition) is 1. The number of nitrogens with zero attached hydrogens (tertiary/aromatic N) is 1. The van der Waals surface area contributed by atoms with Gasteiger partial charge in [0.2, 0.25) is 0 Å². The number of hydrogen-bond acceptors (Lipinski definition) is 3. The highest BCUT2D eigenvalue weighted by atomic mass is 79.9. The second kappa shape index (κ2) is 4.45. The third-order valence-corrected chi connectivity index (χ3v) is 5.00. The minimum Gasteiger partial charge on any atom is -0.342 e. The number of H-pyrrole nitrogens is 1. The first-order chi connectivity index (χ1) is 7.08. The summed E-state index contributed by atoms with van der Waals surface area (Å²) in [5.41, 5.74) is 0.995. The fourth-order valence-electron chi connectivity index (χ4n) is 1.13. The summed E-state index contributed by atoms with van der Waals surface area (Å²) in [6.45, 7) is 1.97. The first-order valence-corrected chi connectivity index (χ1v) is 6.91. The Balaban J connectivity index is 2.60. The first-order valence-electron chi connectivity index (χ1n) is 4.10. The SMILES string of the molecule is Cc1[nH]c(-c2ccc(Br)s2)nc(=S)c1Br. The monoisotopic (exact) mass is 364 g/mol. The van der Waals surface area contributed by atoms with E-state index in [0.717, 1.165) is 24.7 Å². The standard InChI is InChI=1S/C9H6Br2N2S2/c1-4-7(11)9(14)13-8(12-4)5-2-3-6(10)15-5/h2-3H,1H3,(H,12,13,14). The van der Waals surface area contributed by atoms with Gasteiger partial charge in [-0.25, -0.2) is 4.98 Å². The summed E-state index contributed by atoms with van der Waals surface area (Å²) in [6.07, 6.45) is 0. The van der Waals surface area contributed by atoms with E-state index in [-0.39, 0.29) is 0 Å². The highest BCUT2D eigenvalue weighted by molar-refractivity contribution is 9.11. The molecule has 0 amide bonds. The predicted molar refractivity (Wildman–Crippen MR) is 72.9 cm³/mol. The minimum absolute atomic E-state index is 0.589. The van der Waals surface area contributed by atoms with Gasteiger partial charge in [0, 0.05) is 5.69 Å². The highest BCUT2D eigenvalue weighted by Crippen LogP contribution is 2.30. The molecule has 1 N–H and O–H groups in total. The number of aromatic amines is 1. The van der Waals surface area contributed by atoms with Crippen LogP contribution in [0.15, 0.2) is 20.4 Å². The molecular formula is C9H6Br2N2S2. The summed E-state index contributed by atoms with van der Waals surface area (Å²) in [5, 5.41) is 0. The van der Waals surface area contributed by atoms with Crippen LogP contribution in [0.5, 0.6) is 0 Å². The number of rotatable bonds is 1. The normalized spacial score (nSPS) is 10.6. The summed E-state index contributed by atoms with van der Waals surface area (Å²) < 4.78 is 2.53. The van der Waals surface area contributed by atoms with Crippen LogP contribution in [-0.4, -0.2) is 9.97 Å². The Morgan fingerprint density at radius 1 is 1.40 bits per heavy atom. The summed E-state index contributed by atoms with van der Waals surface area (Å²) in [4.78, 5) is 8.60. The lowest BCUT2D eigenvalue weighted by Crippen LogP contribution is -1.92. The Morgan fingerprint density at radius 2 is 2.13 bits per heavy atom. The van der Waals surface area contributed by atoms with Gasteiger partial charge in [-0.3, -0.25) is 0 Å². The van der Waals surface area contributed by atoms with Gasteiger partial charge in [-0.15, -0.1) is 11.3 Å². The molecule has 0 aliphatic heterocycles. The molecule has 0 aromatic carbocycles. The number of thiophene rings is 1. The van der Waals surface area contributed by atoms with Crippen molar-refractivity contribution in [3.8, 4) is 10.7 Å². The molecule has 0 unspecified atom stereocenters. The van der Waals surface area contributed by atoms with Crippen LogP contribution in [0.4, 0.5) is 0 Å². The van der Waals surface area contributed by atoms with E-state index in [9.17, 15) is 0 Å². The molecule has 0 aliphatic carbocycles. The molecular weight excluding hydrogens is 360 g/mol. The van der Waals surface area contributed by atoms with E-state index < -0.39 is 0 Å². The van der Waals surface area contributed by atoms with Gasteiger partial charge in [-0.1, -0.05) is 12.2 Å². The highest BCUT2D eigenvalue weighted by Gasteiger charge is 2.06. The Labute approximate surface area is 113 Å². The third kappa shape index (κ3) is 2.38. The zero-order valence-corrected chi connectivity index (χ0v) is 12.5. The summed E-state index contributed by atoms with van der Waals surface area (Å²) in [6, 6.07) is 4.01. The van der Waals surface area contributed by atoms with Crippen LogP contribution in [0.3, 0.4) is 0 Å². The fraction of sp³-hybridized carbons (Fsp3) is 0.111. The summed E-state index contributed by atoms with van der Waals surface area (Å²) >= 11 is 13.6. The van der Waals surface area contributed by atoms with Crippen LogP contribution in [0.2, 0.25) is 0 Å². The first kappa shape index (κ1) is 11.4. The van der Waals surface area contributed by atoms with Crippen molar-refractivity contribution in [3.05, 3.63) is 30.7 Å². The van der Waals surface area contributed by atoms with Crippen LogP contribution in [0, 0.1) is 11.6 Å². The van der Waals surface area contributed by atoms with E-state index in [0.29, 0.717) is 4.64 Å². The quantitative estimate of drug-likeness (QED) is 0.742. The Kier molecular flexibility index (Phi) is 3.39. The predicted octanol–water partition coefficient (Wildman–Crippen LogP) is 4.70. The smallest absolute Gasteiger partial charge is 0.149 e. The molecule has 2 heterocycles. The molecule has 0 spiro atoms. The van der Waals surface area contributed by atoms with Gasteiger partial charge in [0.15, 0.2) is 0 Å². The van der Waals surface area contributed by atoms with E-state index in [1.165, 1.54) is 0 Å². The molecule has 0 aliphatic rings.